The Kier molecular flexibility index (Phi) is 5.48. The van der Waals surface area contributed by atoms with Crippen molar-refractivity contribution in [1.82, 2.24) is 4.31 Å². The molecule has 0 spiro atoms. The van der Waals surface area contributed by atoms with Gasteiger partial charge in [0.05, 0.1) is 37.7 Å². The highest BCUT2D eigenvalue weighted by Crippen LogP contribution is 2.27. The van der Waals surface area contributed by atoms with Gasteiger partial charge < -0.3 is 4.90 Å². The zero-order valence-corrected chi connectivity index (χ0v) is 14.6. The molecule has 0 radical (unpaired) electrons. The van der Waals surface area contributed by atoms with Crippen LogP contribution in [0.1, 0.15) is 13.3 Å². The molecule has 1 aliphatic rings. The standard InChI is InChI=1S/C13H18BrClN2O2S/c1-2-5-16-6-8-17(9-7-16)20(18,19)13-4-3-11(14)10-12(13)15/h3-4,10H,2,5-9H2,1H3/p+1. The van der Waals surface area contributed by atoms with Gasteiger partial charge in [0.25, 0.3) is 0 Å². The fraction of sp³-hybridized carbons (Fsp3) is 0.538. The SMILES string of the molecule is CCC[NH+]1CCN(S(=O)(=O)c2ccc(Br)cc2Cl)CC1. The third-order valence-electron chi connectivity index (χ3n) is 3.54. The lowest BCUT2D eigenvalue weighted by atomic mass is 10.3. The van der Waals surface area contributed by atoms with Crippen LogP contribution in [0.5, 0.6) is 0 Å². The number of hydrogen-bond acceptors (Lipinski definition) is 2. The highest BCUT2D eigenvalue weighted by atomic mass is 79.9. The monoisotopic (exact) mass is 381 g/mol. The van der Waals surface area contributed by atoms with Gasteiger partial charge in [-0.2, -0.15) is 4.31 Å². The average molecular weight is 383 g/mol. The number of benzene rings is 1. The molecule has 1 heterocycles. The van der Waals surface area contributed by atoms with E-state index in [4.69, 9.17) is 11.6 Å². The summed E-state index contributed by atoms with van der Waals surface area (Å²) in [4.78, 5) is 1.67. The van der Waals surface area contributed by atoms with Crippen molar-refractivity contribution in [2.45, 2.75) is 18.2 Å². The van der Waals surface area contributed by atoms with E-state index < -0.39 is 10.0 Å². The summed E-state index contributed by atoms with van der Waals surface area (Å²) in [5.41, 5.74) is 0. The molecule has 0 bridgehead atoms. The molecule has 2 rings (SSSR count). The quantitative estimate of drug-likeness (QED) is 0.855. The van der Waals surface area contributed by atoms with E-state index in [-0.39, 0.29) is 9.92 Å². The Labute approximate surface area is 133 Å². The number of hydrogen-bond donors (Lipinski definition) is 1. The topological polar surface area (TPSA) is 41.8 Å². The van der Waals surface area contributed by atoms with Crippen LogP contribution in [0.4, 0.5) is 0 Å². The molecule has 112 valence electrons. The molecule has 7 heteroatoms. The number of piperazine rings is 1. The van der Waals surface area contributed by atoms with Crippen molar-refractivity contribution < 1.29 is 13.3 Å². The number of nitrogens with zero attached hydrogens (tertiary/aromatic N) is 1. The second-order valence-electron chi connectivity index (χ2n) is 4.98. The maximum Gasteiger partial charge on any atom is 0.244 e. The first kappa shape index (κ1) is 16.2. The minimum absolute atomic E-state index is 0.196. The van der Waals surface area contributed by atoms with Crippen molar-refractivity contribution in [3.63, 3.8) is 0 Å². The fourth-order valence-electron chi connectivity index (χ4n) is 2.47. The lowest BCUT2D eigenvalue weighted by Crippen LogP contribution is -3.14. The number of nitrogens with one attached hydrogen (secondary N) is 1. The molecule has 0 amide bonds. The van der Waals surface area contributed by atoms with E-state index in [9.17, 15) is 8.42 Å². The Hall–Kier alpha value is -0.140. The van der Waals surface area contributed by atoms with E-state index in [0.29, 0.717) is 13.1 Å². The number of halogens is 2. The van der Waals surface area contributed by atoms with Crippen LogP contribution in [-0.4, -0.2) is 45.4 Å². The molecule has 4 nitrogen and oxygen atoms in total. The Balaban J connectivity index is 2.15. The maximum absolute atomic E-state index is 12.6. The molecule has 1 aromatic carbocycles. The molecule has 20 heavy (non-hydrogen) atoms. The first-order valence-corrected chi connectivity index (χ1v) is 9.35. The van der Waals surface area contributed by atoms with Gasteiger partial charge >= 0.3 is 0 Å². The van der Waals surface area contributed by atoms with Crippen molar-refractivity contribution in [2.24, 2.45) is 0 Å². The van der Waals surface area contributed by atoms with Crippen molar-refractivity contribution in [3.8, 4) is 0 Å². The van der Waals surface area contributed by atoms with Gasteiger partial charge in [-0.1, -0.05) is 34.5 Å². The van der Waals surface area contributed by atoms with Crippen LogP contribution >= 0.6 is 27.5 Å². The molecule has 0 unspecified atom stereocenters. The highest BCUT2D eigenvalue weighted by molar-refractivity contribution is 9.10. The van der Waals surface area contributed by atoms with Gasteiger partial charge in [0.15, 0.2) is 0 Å². The predicted octanol–water partition coefficient (Wildman–Crippen LogP) is 1.40. The largest absolute Gasteiger partial charge is 0.333 e. The Morgan fingerprint density at radius 3 is 2.55 bits per heavy atom. The van der Waals surface area contributed by atoms with Gasteiger partial charge in [-0.05, 0) is 24.6 Å². The molecule has 0 aliphatic carbocycles. The molecule has 0 atom stereocenters. The molecule has 1 aliphatic heterocycles. The third kappa shape index (κ3) is 3.54. The van der Waals surface area contributed by atoms with E-state index in [2.05, 4.69) is 22.9 Å². The van der Waals surface area contributed by atoms with Gasteiger partial charge in [0.2, 0.25) is 10.0 Å². The predicted molar refractivity (Wildman–Crippen MR) is 83.8 cm³/mol. The Morgan fingerprint density at radius 2 is 2.00 bits per heavy atom. The number of quaternary nitrogens is 1. The van der Waals surface area contributed by atoms with Crippen LogP contribution in [0.2, 0.25) is 5.02 Å². The second kappa shape index (κ2) is 6.75. The molecule has 1 aromatic rings. The van der Waals surface area contributed by atoms with Crippen molar-refractivity contribution in [1.29, 1.82) is 0 Å². The van der Waals surface area contributed by atoms with Crippen molar-refractivity contribution in [2.75, 3.05) is 32.7 Å². The van der Waals surface area contributed by atoms with Crippen LogP contribution in [0.25, 0.3) is 0 Å². The summed E-state index contributed by atoms with van der Waals surface area (Å²) < 4.78 is 27.5. The third-order valence-corrected chi connectivity index (χ3v) is 6.42. The molecular formula is C13H19BrClN2O2S+. The normalized spacial score (nSPS) is 18.4. The van der Waals surface area contributed by atoms with Gasteiger partial charge in [-0.3, -0.25) is 0 Å². The van der Waals surface area contributed by atoms with Crippen LogP contribution in [0, 0.1) is 0 Å². The van der Waals surface area contributed by atoms with Crippen LogP contribution < -0.4 is 4.90 Å². The molecule has 1 fully saturated rings. The number of sulfonamides is 1. The van der Waals surface area contributed by atoms with Gasteiger partial charge in [-0.25, -0.2) is 8.42 Å². The highest BCUT2D eigenvalue weighted by Gasteiger charge is 2.31. The molecular weight excluding hydrogens is 364 g/mol. The van der Waals surface area contributed by atoms with Crippen LogP contribution in [-0.2, 0) is 10.0 Å². The average Bonchev–Trinajstić information content (AvgIpc) is 2.39. The summed E-state index contributed by atoms with van der Waals surface area (Å²) in [5.74, 6) is 0. The minimum atomic E-state index is -3.48. The Bertz CT molecular complexity index is 572. The molecule has 1 N–H and O–H groups in total. The second-order valence-corrected chi connectivity index (χ2v) is 8.21. The van der Waals surface area contributed by atoms with Crippen LogP contribution in [0.15, 0.2) is 27.6 Å². The molecule has 0 aromatic heterocycles. The lowest BCUT2D eigenvalue weighted by Gasteiger charge is -2.31. The van der Waals surface area contributed by atoms with Gasteiger partial charge in [0.1, 0.15) is 4.90 Å². The minimum Gasteiger partial charge on any atom is -0.333 e. The summed E-state index contributed by atoms with van der Waals surface area (Å²) >= 11 is 9.36. The summed E-state index contributed by atoms with van der Waals surface area (Å²) in [5, 5.41) is 0.266. The molecule has 1 saturated heterocycles. The number of rotatable bonds is 4. The van der Waals surface area contributed by atoms with Crippen LogP contribution in [0.3, 0.4) is 0 Å². The zero-order chi connectivity index (χ0) is 14.8. The fourth-order valence-corrected chi connectivity index (χ4v) is 4.92. The van der Waals surface area contributed by atoms with E-state index in [1.54, 1.807) is 22.5 Å². The van der Waals surface area contributed by atoms with E-state index in [1.165, 1.54) is 4.90 Å². The lowest BCUT2D eigenvalue weighted by molar-refractivity contribution is -0.903. The van der Waals surface area contributed by atoms with E-state index in [1.807, 2.05) is 0 Å². The van der Waals surface area contributed by atoms with E-state index >= 15 is 0 Å². The summed E-state index contributed by atoms with van der Waals surface area (Å²) in [6.07, 6.45) is 1.13. The van der Waals surface area contributed by atoms with Crippen molar-refractivity contribution >= 4 is 37.6 Å². The summed E-state index contributed by atoms with van der Waals surface area (Å²) in [7, 11) is -3.48. The Morgan fingerprint density at radius 1 is 1.35 bits per heavy atom. The first-order valence-electron chi connectivity index (χ1n) is 6.74. The maximum atomic E-state index is 12.6. The first-order chi connectivity index (χ1) is 9.45. The van der Waals surface area contributed by atoms with Gasteiger partial charge in [-0.15, -0.1) is 0 Å². The zero-order valence-electron chi connectivity index (χ0n) is 11.4. The van der Waals surface area contributed by atoms with Gasteiger partial charge in [0, 0.05) is 4.47 Å². The van der Waals surface area contributed by atoms with Crippen molar-refractivity contribution in [3.05, 3.63) is 27.7 Å². The molecule has 0 saturated carbocycles. The summed E-state index contributed by atoms with van der Waals surface area (Å²) in [6, 6.07) is 4.89. The smallest absolute Gasteiger partial charge is 0.244 e. The summed E-state index contributed by atoms with van der Waals surface area (Å²) in [6.45, 7) is 6.10. The van der Waals surface area contributed by atoms with E-state index in [0.717, 1.165) is 30.5 Å².